The van der Waals surface area contributed by atoms with E-state index in [0.29, 0.717) is 0 Å². The number of nitrogens with zero attached hydrogens (tertiary/aromatic N) is 3. The van der Waals surface area contributed by atoms with Crippen LogP contribution in [-0.4, -0.2) is 41.4 Å². The first-order valence-electron chi connectivity index (χ1n) is 5.64. The summed E-state index contributed by atoms with van der Waals surface area (Å²) in [5.41, 5.74) is 5.00. The topological polar surface area (TPSA) is 115 Å². The second-order valence-electron chi connectivity index (χ2n) is 4.16. The van der Waals surface area contributed by atoms with Gasteiger partial charge in [0, 0.05) is 13.0 Å². The molecule has 0 aliphatic carbocycles. The van der Waals surface area contributed by atoms with E-state index in [9.17, 15) is 14.4 Å². The maximum atomic E-state index is 11.9. The summed E-state index contributed by atoms with van der Waals surface area (Å²) in [5.74, 6) is -2.33. The quantitative estimate of drug-likeness (QED) is 0.770. The molecule has 9 heteroatoms. The van der Waals surface area contributed by atoms with Crippen molar-refractivity contribution >= 4 is 35.2 Å². The molecule has 2 amide bonds. The van der Waals surface area contributed by atoms with Crippen molar-refractivity contribution in [3.8, 4) is 0 Å². The molecule has 1 fully saturated rings. The lowest BCUT2D eigenvalue weighted by Gasteiger charge is -2.17. The van der Waals surface area contributed by atoms with Crippen LogP contribution in [0.2, 0.25) is 5.15 Å². The second-order valence-corrected chi connectivity index (χ2v) is 4.55. The molecular weight excluding hydrogens is 288 g/mol. The molecule has 1 aromatic heterocycles. The molecule has 2 heterocycles. The predicted octanol–water partition coefficient (Wildman–Crippen LogP) is -0.245. The molecular formula is C11H11ClN4O4. The number of nitrogens with two attached hydrogens (primary N) is 1. The Morgan fingerprint density at radius 3 is 2.80 bits per heavy atom. The average Bonchev–Trinajstić information content (AvgIpc) is 2.80. The molecule has 1 aliphatic rings. The molecule has 106 valence electrons. The first kappa shape index (κ1) is 14.2. The minimum absolute atomic E-state index is 0.00718. The third-order valence-electron chi connectivity index (χ3n) is 2.89. The largest absolute Gasteiger partial charge is 0.464 e. The first-order chi connectivity index (χ1) is 9.43. The number of primary amides is 1. The highest BCUT2D eigenvalue weighted by atomic mass is 35.5. The molecule has 1 saturated heterocycles. The van der Waals surface area contributed by atoms with Crippen LogP contribution in [0.4, 0.5) is 5.82 Å². The molecule has 0 bridgehead atoms. The molecule has 8 nitrogen and oxygen atoms in total. The summed E-state index contributed by atoms with van der Waals surface area (Å²) >= 11 is 5.68. The number of methoxy groups -OCH3 is 1. The Kier molecular flexibility index (Phi) is 3.84. The monoisotopic (exact) mass is 298 g/mol. The van der Waals surface area contributed by atoms with Gasteiger partial charge in [0.25, 0.3) is 0 Å². The van der Waals surface area contributed by atoms with Gasteiger partial charge in [-0.25, -0.2) is 14.8 Å². The van der Waals surface area contributed by atoms with Crippen LogP contribution < -0.4 is 10.6 Å². The van der Waals surface area contributed by atoms with Crippen LogP contribution in [0.5, 0.6) is 0 Å². The summed E-state index contributed by atoms with van der Waals surface area (Å²) in [6.45, 7) is 0.0501. The molecule has 0 radical (unpaired) electrons. The van der Waals surface area contributed by atoms with Gasteiger partial charge in [0.1, 0.15) is 5.15 Å². The van der Waals surface area contributed by atoms with Crippen LogP contribution in [0.25, 0.3) is 0 Å². The van der Waals surface area contributed by atoms with Gasteiger partial charge >= 0.3 is 5.97 Å². The SMILES string of the molecule is COC(=O)c1nc(Cl)cnc1N1CC(C(N)=O)CC1=O. The van der Waals surface area contributed by atoms with Crippen molar-refractivity contribution in [1.82, 2.24) is 9.97 Å². The lowest BCUT2D eigenvalue weighted by atomic mass is 10.1. The summed E-state index contributed by atoms with van der Waals surface area (Å²) in [4.78, 5) is 43.6. The van der Waals surface area contributed by atoms with Gasteiger partial charge in [-0.2, -0.15) is 0 Å². The lowest BCUT2D eigenvalue weighted by Crippen LogP contribution is -2.30. The number of carbonyl (C=O) groups is 3. The van der Waals surface area contributed by atoms with Crippen molar-refractivity contribution in [3.63, 3.8) is 0 Å². The van der Waals surface area contributed by atoms with Gasteiger partial charge in [-0.3, -0.25) is 14.5 Å². The highest BCUT2D eigenvalue weighted by molar-refractivity contribution is 6.29. The number of halogens is 1. The van der Waals surface area contributed by atoms with Crippen LogP contribution >= 0.6 is 11.6 Å². The maximum Gasteiger partial charge on any atom is 0.360 e. The molecule has 0 aromatic carbocycles. The molecule has 1 unspecified atom stereocenters. The van der Waals surface area contributed by atoms with E-state index in [0.717, 1.165) is 0 Å². The summed E-state index contributed by atoms with van der Waals surface area (Å²) < 4.78 is 4.57. The van der Waals surface area contributed by atoms with Crippen LogP contribution in [0.15, 0.2) is 6.20 Å². The van der Waals surface area contributed by atoms with E-state index < -0.39 is 17.8 Å². The van der Waals surface area contributed by atoms with Gasteiger partial charge in [-0.1, -0.05) is 11.6 Å². The van der Waals surface area contributed by atoms with Crippen molar-refractivity contribution in [2.24, 2.45) is 11.7 Å². The fraction of sp³-hybridized carbons (Fsp3) is 0.364. The number of aromatic nitrogens is 2. The number of anilines is 1. The molecule has 20 heavy (non-hydrogen) atoms. The molecule has 1 aliphatic heterocycles. The minimum atomic E-state index is -0.773. The molecule has 2 rings (SSSR count). The van der Waals surface area contributed by atoms with Gasteiger partial charge in [0.05, 0.1) is 19.2 Å². The van der Waals surface area contributed by atoms with Crippen molar-refractivity contribution in [2.75, 3.05) is 18.6 Å². The van der Waals surface area contributed by atoms with Gasteiger partial charge in [0.2, 0.25) is 11.8 Å². The van der Waals surface area contributed by atoms with Gasteiger partial charge < -0.3 is 10.5 Å². The average molecular weight is 299 g/mol. The number of hydrogen-bond donors (Lipinski definition) is 1. The number of rotatable bonds is 3. The number of esters is 1. The molecule has 2 N–H and O–H groups in total. The zero-order chi connectivity index (χ0) is 14.9. The normalized spacial score (nSPS) is 18.2. The molecule has 1 atom stereocenters. The smallest absolute Gasteiger partial charge is 0.360 e. The molecule has 0 spiro atoms. The van der Waals surface area contributed by atoms with E-state index in [1.54, 1.807) is 0 Å². The fourth-order valence-electron chi connectivity index (χ4n) is 1.90. The molecule has 0 saturated carbocycles. The zero-order valence-electron chi connectivity index (χ0n) is 10.5. The van der Waals surface area contributed by atoms with Gasteiger partial charge in [-0.05, 0) is 0 Å². The highest BCUT2D eigenvalue weighted by Gasteiger charge is 2.37. The highest BCUT2D eigenvalue weighted by Crippen LogP contribution is 2.26. The first-order valence-corrected chi connectivity index (χ1v) is 6.02. The summed E-state index contributed by atoms with van der Waals surface area (Å²) in [6.07, 6.45) is 1.18. The number of carbonyl (C=O) groups excluding carboxylic acids is 3. The van der Waals surface area contributed by atoms with E-state index in [4.69, 9.17) is 17.3 Å². The van der Waals surface area contributed by atoms with Crippen LogP contribution in [-0.2, 0) is 14.3 Å². The number of hydrogen-bond acceptors (Lipinski definition) is 6. The zero-order valence-corrected chi connectivity index (χ0v) is 11.3. The second kappa shape index (κ2) is 5.41. The van der Waals surface area contributed by atoms with Gasteiger partial charge in [0.15, 0.2) is 11.5 Å². The Hall–Kier alpha value is -2.22. The Balaban J connectivity index is 2.40. The van der Waals surface area contributed by atoms with Crippen molar-refractivity contribution < 1.29 is 19.1 Å². The van der Waals surface area contributed by atoms with Crippen molar-refractivity contribution in [1.29, 1.82) is 0 Å². The Bertz CT molecular complexity index is 592. The van der Waals surface area contributed by atoms with Crippen LogP contribution in [0.1, 0.15) is 16.9 Å². The maximum absolute atomic E-state index is 11.9. The van der Waals surface area contributed by atoms with E-state index >= 15 is 0 Å². The third-order valence-corrected chi connectivity index (χ3v) is 3.07. The number of amides is 2. The van der Waals surface area contributed by atoms with Crippen molar-refractivity contribution in [2.45, 2.75) is 6.42 Å². The summed E-state index contributed by atoms with van der Waals surface area (Å²) in [7, 11) is 1.17. The predicted molar refractivity (Wildman–Crippen MR) is 68.0 cm³/mol. The molecule has 1 aromatic rings. The lowest BCUT2D eigenvalue weighted by molar-refractivity contribution is -0.123. The summed E-state index contributed by atoms with van der Waals surface area (Å²) in [6, 6.07) is 0. The van der Waals surface area contributed by atoms with Crippen molar-refractivity contribution in [3.05, 3.63) is 17.0 Å². The van der Waals surface area contributed by atoms with E-state index in [-0.39, 0.29) is 35.5 Å². The van der Waals surface area contributed by atoms with Crippen LogP contribution in [0.3, 0.4) is 0 Å². The fourth-order valence-corrected chi connectivity index (χ4v) is 2.03. The Morgan fingerprint density at radius 2 is 2.25 bits per heavy atom. The van der Waals surface area contributed by atoms with E-state index in [2.05, 4.69) is 14.7 Å². The summed E-state index contributed by atoms with van der Waals surface area (Å²) in [5, 5.41) is -0.00718. The standard InChI is InChI=1S/C11H11ClN4O4/c1-20-11(19)8-10(14-3-6(12)15-8)16-4-5(9(13)18)2-7(16)17/h3,5H,2,4H2,1H3,(H2,13,18). The Labute approximate surface area is 118 Å². The van der Waals surface area contributed by atoms with E-state index in [1.807, 2.05) is 0 Å². The Morgan fingerprint density at radius 1 is 1.55 bits per heavy atom. The van der Waals surface area contributed by atoms with Crippen LogP contribution in [0, 0.1) is 5.92 Å². The third kappa shape index (κ3) is 2.55. The minimum Gasteiger partial charge on any atom is -0.464 e. The number of ether oxygens (including phenoxy) is 1. The van der Waals surface area contributed by atoms with Gasteiger partial charge in [-0.15, -0.1) is 0 Å². The van der Waals surface area contributed by atoms with E-state index in [1.165, 1.54) is 18.2 Å².